The molecule has 198 valence electrons. The van der Waals surface area contributed by atoms with Crippen LogP contribution in [0.15, 0.2) is 48.5 Å². The fraction of sp³-hybridized carbons (Fsp3) is 0.484. The van der Waals surface area contributed by atoms with Crippen molar-refractivity contribution in [3.05, 3.63) is 65.2 Å². The molecule has 0 aliphatic carbocycles. The largest absolute Gasteiger partial charge is 0.467 e. The number of hydrogen-bond donors (Lipinski definition) is 1. The summed E-state index contributed by atoms with van der Waals surface area (Å²) in [6.45, 7) is 9.58. The first-order chi connectivity index (χ1) is 17.5. The van der Waals surface area contributed by atoms with E-state index >= 15 is 0 Å². The lowest BCUT2D eigenvalue weighted by atomic mass is 9.91. The number of unbranched alkanes of at least 4 members (excludes halogenated alkanes) is 2. The summed E-state index contributed by atoms with van der Waals surface area (Å²) in [7, 11) is 0. The van der Waals surface area contributed by atoms with Crippen LogP contribution in [0, 0.1) is 0 Å². The summed E-state index contributed by atoms with van der Waals surface area (Å²) < 4.78 is 22.0. The van der Waals surface area contributed by atoms with Gasteiger partial charge in [0.05, 0.1) is 5.60 Å². The highest BCUT2D eigenvalue weighted by molar-refractivity contribution is 5.72. The number of ether oxygens (including phenoxy) is 4. The number of benzene rings is 2. The van der Waals surface area contributed by atoms with Crippen molar-refractivity contribution in [1.29, 1.82) is 0 Å². The van der Waals surface area contributed by atoms with Crippen molar-refractivity contribution in [1.82, 2.24) is 0 Å². The number of rotatable bonds is 18. The zero-order valence-electron chi connectivity index (χ0n) is 22.5. The van der Waals surface area contributed by atoms with E-state index in [1.165, 1.54) is 5.56 Å². The molecule has 0 atom stereocenters. The van der Waals surface area contributed by atoms with E-state index in [0.29, 0.717) is 24.7 Å². The normalized spacial score (nSPS) is 12.0. The smallest absolute Gasteiger partial charge is 0.189 e. The zero-order valence-corrected chi connectivity index (χ0v) is 22.5. The quantitative estimate of drug-likeness (QED) is 0.130. The molecule has 0 saturated heterocycles. The highest BCUT2D eigenvalue weighted by Crippen LogP contribution is 2.25. The third-order valence-electron chi connectivity index (χ3n) is 6.20. The first kappa shape index (κ1) is 29.6. The van der Waals surface area contributed by atoms with E-state index < -0.39 is 5.60 Å². The number of allylic oxidation sites excluding steroid dienone is 1. The summed E-state index contributed by atoms with van der Waals surface area (Å²) in [5.41, 5.74) is 2.77. The standard InChI is InChI=1S/C31H44O5/c1-5-31(32,6-2)19-12-10-9-11-14-26-15-13-16-27(20-26)17-18-28-21-29(35-24-33-7-3)23-30(22-28)36-25-34-8-4/h11,13-18,20-23,32H,5-10,12,19,24-25H2,1-4H3. The van der Waals surface area contributed by atoms with Gasteiger partial charge in [0, 0.05) is 19.3 Å². The molecule has 36 heavy (non-hydrogen) atoms. The molecule has 0 radical (unpaired) electrons. The van der Waals surface area contributed by atoms with E-state index in [9.17, 15) is 5.11 Å². The Morgan fingerprint density at radius 1 is 0.722 bits per heavy atom. The number of aliphatic hydroxyl groups is 1. The molecule has 5 nitrogen and oxygen atoms in total. The lowest BCUT2D eigenvalue weighted by Crippen LogP contribution is -2.26. The van der Waals surface area contributed by atoms with Gasteiger partial charge in [-0.1, -0.05) is 62.8 Å². The van der Waals surface area contributed by atoms with E-state index in [2.05, 4.69) is 56.3 Å². The van der Waals surface area contributed by atoms with Crippen LogP contribution >= 0.6 is 0 Å². The van der Waals surface area contributed by atoms with E-state index in [1.54, 1.807) is 0 Å². The molecule has 0 aliphatic heterocycles. The van der Waals surface area contributed by atoms with E-state index in [0.717, 1.165) is 49.7 Å². The molecule has 1 N–H and O–H groups in total. The average Bonchev–Trinajstić information content (AvgIpc) is 2.90. The molecule has 0 bridgehead atoms. The Morgan fingerprint density at radius 3 is 1.89 bits per heavy atom. The zero-order chi connectivity index (χ0) is 26.1. The summed E-state index contributed by atoms with van der Waals surface area (Å²) in [5, 5.41) is 10.4. The van der Waals surface area contributed by atoms with Crippen molar-refractivity contribution < 1.29 is 24.1 Å². The lowest BCUT2D eigenvalue weighted by molar-refractivity contribution is 0.0181. The summed E-state index contributed by atoms with van der Waals surface area (Å²) >= 11 is 0. The third-order valence-corrected chi connectivity index (χ3v) is 6.20. The van der Waals surface area contributed by atoms with Crippen LogP contribution < -0.4 is 9.47 Å². The molecule has 5 heteroatoms. The van der Waals surface area contributed by atoms with Crippen molar-refractivity contribution in [2.45, 2.75) is 71.8 Å². The highest BCUT2D eigenvalue weighted by Gasteiger charge is 2.20. The van der Waals surface area contributed by atoms with Crippen molar-refractivity contribution in [2.75, 3.05) is 26.8 Å². The lowest BCUT2D eigenvalue weighted by Gasteiger charge is -2.24. The minimum Gasteiger partial charge on any atom is -0.467 e. The second-order valence-corrected chi connectivity index (χ2v) is 8.83. The second kappa shape index (κ2) is 17.0. The Labute approximate surface area is 217 Å². The minimum atomic E-state index is -0.491. The molecule has 2 rings (SSSR count). The molecule has 0 fully saturated rings. The van der Waals surface area contributed by atoms with E-state index in [4.69, 9.17) is 18.9 Å². The monoisotopic (exact) mass is 496 g/mol. The SMILES string of the molecule is CCOCOc1cc(C=Cc2cccc(C=CCCCCC(O)(CC)CC)c2)cc(OCOCC)c1. The van der Waals surface area contributed by atoms with E-state index in [1.807, 2.05) is 38.1 Å². The first-order valence-electron chi connectivity index (χ1n) is 13.2. The van der Waals surface area contributed by atoms with Gasteiger partial charge >= 0.3 is 0 Å². The molecule has 2 aromatic rings. The van der Waals surface area contributed by atoms with Gasteiger partial charge in [-0.2, -0.15) is 0 Å². The molecular weight excluding hydrogens is 452 g/mol. The fourth-order valence-electron chi connectivity index (χ4n) is 3.74. The third kappa shape index (κ3) is 11.4. The van der Waals surface area contributed by atoms with Crippen molar-refractivity contribution >= 4 is 18.2 Å². The predicted octanol–water partition coefficient (Wildman–Crippen LogP) is 7.73. The molecule has 0 heterocycles. The Hall–Kier alpha value is -2.60. The van der Waals surface area contributed by atoms with Gasteiger partial charge in [0.1, 0.15) is 11.5 Å². The van der Waals surface area contributed by atoms with Gasteiger partial charge in [0.25, 0.3) is 0 Å². The average molecular weight is 497 g/mol. The molecular formula is C31H44O5. The van der Waals surface area contributed by atoms with Crippen LogP contribution in [0.2, 0.25) is 0 Å². The highest BCUT2D eigenvalue weighted by atomic mass is 16.7. The number of hydrogen-bond acceptors (Lipinski definition) is 5. The van der Waals surface area contributed by atoms with Gasteiger partial charge in [-0.15, -0.1) is 0 Å². The van der Waals surface area contributed by atoms with Gasteiger partial charge < -0.3 is 24.1 Å². The van der Waals surface area contributed by atoms with E-state index in [-0.39, 0.29) is 13.6 Å². The molecule has 2 aromatic carbocycles. The molecule has 0 unspecified atom stereocenters. The Kier molecular flexibility index (Phi) is 14.0. The second-order valence-electron chi connectivity index (χ2n) is 8.83. The van der Waals surface area contributed by atoms with Gasteiger partial charge in [0.15, 0.2) is 13.6 Å². The molecule has 0 aromatic heterocycles. The topological polar surface area (TPSA) is 57.2 Å². The summed E-state index contributed by atoms with van der Waals surface area (Å²) in [6.07, 6.45) is 14.2. The maximum atomic E-state index is 10.4. The predicted molar refractivity (Wildman–Crippen MR) is 149 cm³/mol. The minimum absolute atomic E-state index is 0.195. The molecule has 0 amide bonds. The summed E-state index contributed by atoms with van der Waals surface area (Å²) in [6, 6.07) is 14.2. The van der Waals surface area contributed by atoms with Crippen LogP contribution in [0.25, 0.3) is 18.2 Å². The van der Waals surface area contributed by atoms with Crippen LogP contribution in [-0.2, 0) is 9.47 Å². The van der Waals surface area contributed by atoms with Crippen molar-refractivity contribution in [2.24, 2.45) is 0 Å². The van der Waals surface area contributed by atoms with Gasteiger partial charge in [0.2, 0.25) is 0 Å². The van der Waals surface area contributed by atoms with Gasteiger partial charge in [-0.05, 0) is 80.8 Å². The molecule has 0 saturated carbocycles. The van der Waals surface area contributed by atoms with Crippen LogP contribution in [0.1, 0.15) is 82.9 Å². The Bertz CT molecular complexity index is 902. The van der Waals surface area contributed by atoms with Crippen LogP contribution in [0.4, 0.5) is 0 Å². The maximum Gasteiger partial charge on any atom is 0.189 e. The Morgan fingerprint density at radius 2 is 1.31 bits per heavy atom. The van der Waals surface area contributed by atoms with Crippen molar-refractivity contribution in [3.63, 3.8) is 0 Å². The van der Waals surface area contributed by atoms with Gasteiger partial charge in [-0.3, -0.25) is 0 Å². The maximum absolute atomic E-state index is 10.4. The summed E-state index contributed by atoms with van der Waals surface area (Å²) in [4.78, 5) is 0. The van der Waals surface area contributed by atoms with Crippen LogP contribution in [-0.4, -0.2) is 37.5 Å². The van der Waals surface area contributed by atoms with Crippen LogP contribution in [0.3, 0.4) is 0 Å². The molecule has 0 aliphatic rings. The summed E-state index contributed by atoms with van der Waals surface area (Å²) in [5.74, 6) is 1.37. The van der Waals surface area contributed by atoms with Crippen LogP contribution in [0.5, 0.6) is 11.5 Å². The first-order valence-corrected chi connectivity index (χ1v) is 13.2. The molecule has 0 spiro atoms. The van der Waals surface area contributed by atoms with Crippen molar-refractivity contribution in [3.8, 4) is 11.5 Å². The van der Waals surface area contributed by atoms with Gasteiger partial charge in [-0.25, -0.2) is 0 Å². The fourth-order valence-corrected chi connectivity index (χ4v) is 3.74. The Balaban J connectivity index is 1.98.